The van der Waals surface area contributed by atoms with Crippen molar-refractivity contribution < 1.29 is 4.39 Å². The second-order valence-electron chi connectivity index (χ2n) is 3.59. The summed E-state index contributed by atoms with van der Waals surface area (Å²) in [5, 5.41) is 3.71. The number of aromatic nitrogens is 2. The number of nitrogens with one attached hydrogen (secondary N) is 1. The summed E-state index contributed by atoms with van der Waals surface area (Å²) in [6.07, 6.45) is 2.04. The lowest BCUT2D eigenvalue weighted by molar-refractivity contribution is 0.628. The van der Waals surface area contributed by atoms with Crippen LogP contribution in [0.15, 0.2) is 24.5 Å². The maximum absolute atomic E-state index is 12.9. The molecule has 1 N–H and O–H groups in total. The lowest BCUT2D eigenvalue weighted by Crippen LogP contribution is -2.01. The van der Waals surface area contributed by atoms with Gasteiger partial charge in [0.2, 0.25) is 0 Å². The molecule has 0 aliphatic heterocycles. The topological polar surface area (TPSA) is 37.8 Å². The zero-order chi connectivity index (χ0) is 13.1. The van der Waals surface area contributed by atoms with E-state index in [1.807, 2.05) is 6.92 Å². The number of hydrogen-bond donors (Lipinski definition) is 1. The Hall–Kier alpha value is -1.39. The second kappa shape index (κ2) is 5.50. The molecule has 94 valence electrons. The van der Waals surface area contributed by atoms with Crippen molar-refractivity contribution >= 4 is 34.7 Å². The molecule has 1 heterocycles. The average molecular weight is 286 g/mol. The van der Waals surface area contributed by atoms with Crippen molar-refractivity contribution in [3.63, 3.8) is 0 Å². The van der Waals surface area contributed by atoms with Crippen molar-refractivity contribution in [1.82, 2.24) is 9.97 Å². The van der Waals surface area contributed by atoms with E-state index in [9.17, 15) is 4.39 Å². The van der Waals surface area contributed by atoms with Crippen molar-refractivity contribution in [2.45, 2.75) is 13.3 Å². The third-order valence-corrected chi connectivity index (χ3v) is 3.07. The SMILES string of the molecule is CCc1c(Cl)ncnc1Nc1ccc(F)cc1Cl. The third-order valence-electron chi connectivity index (χ3n) is 2.43. The summed E-state index contributed by atoms with van der Waals surface area (Å²) in [4.78, 5) is 8.02. The number of nitrogens with zero attached hydrogens (tertiary/aromatic N) is 2. The molecule has 1 aromatic heterocycles. The van der Waals surface area contributed by atoms with Crippen LogP contribution in [-0.4, -0.2) is 9.97 Å². The molecule has 0 fully saturated rings. The minimum Gasteiger partial charge on any atom is -0.339 e. The van der Waals surface area contributed by atoms with Gasteiger partial charge in [-0.15, -0.1) is 0 Å². The van der Waals surface area contributed by atoms with E-state index >= 15 is 0 Å². The molecule has 0 atom stereocenters. The van der Waals surface area contributed by atoms with E-state index in [1.54, 1.807) is 6.07 Å². The lowest BCUT2D eigenvalue weighted by atomic mass is 10.2. The Morgan fingerprint density at radius 2 is 2.06 bits per heavy atom. The van der Waals surface area contributed by atoms with Gasteiger partial charge in [-0.05, 0) is 24.6 Å². The van der Waals surface area contributed by atoms with Crippen LogP contribution >= 0.6 is 23.2 Å². The molecule has 0 spiro atoms. The van der Waals surface area contributed by atoms with Crippen LogP contribution in [0, 0.1) is 5.82 Å². The highest BCUT2D eigenvalue weighted by molar-refractivity contribution is 6.33. The van der Waals surface area contributed by atoms with Crippen LogP contribution in [0.5, 0.6) is 0 Å². The van der Waals surface area contributed by atoms with Crippen LogP contribution < -0.4 is 5.32 Å². The van der Waals surface area contributed by atoms with Gasteiger partial charge in [0.15, 0.2) is 0 Å². The summed E-state index contributed by atoms with van der Waals surface area (Å²) in [5.74, 6) is 0.188. The zero-order valence-electron chi connectivity index (χ0n) is 9.54. The summed E-state index contributed by atoms with van der Waals surface area (Å²) >= 11 is 11.9. The molecule has 2 rings (SSSR count). The Bertz CT molecular complexity index is 575. The van der Waals surface area contributed by atoms with Crippen LogP contribution in [0.3, 0.4) is 0 Å². The molecule has 18 heavy (non-hydrogen) atoms. The monoisotopic (exact) mass is 285 g/mol. The van der Waals surface area contributed by atoms with Crippen LogP contribution in [0.25, 0.3) is 0 Å². The van der Waals surface area contributed by atoms with Gasteiger partial charge in [0, 0.05) is 5.56 Å². The number of hydrogen-bond acceptors (Lipinski definition) is 3. The molecular formula is C12H10Cl2FN3. The quantitative estimate of drug-likeness (QED) is 0.858. The Balaban J connectivity index is 2.37. The minimum atomic E-state index is -0.387. The van der Waals surface area contributed by atoms with Gasteiger partial charge in [-0.3, -0.25) is 0 Å². The van der Waals surface area contributed by atoms with Gasteiger partial charge in [0.05, 0.1) is 10.7 Å². The highest BCUT2D eigenvalue weighted by Crippen LogP contribution is 2.28. The number of anilines is 2. The zero-order valence-corrected chi connectivity index (χ0v) is 11.1. The van der Waals surface area contributed by atoms with Crippen LogP contribution in [0.1, 0.15) is 12.5 Å². The van der Waals surface area contributed by atoms with Gasteiger partial charge in [-0.25, -0.2) is 14.4 Å². The Morgan fingerprint density at radius 3 is 2.72 bits per heavy atom. The standard InChI is InChI=1S/C12H10Cl2FN3/c1-2-8-11(14)16-6-17-12(8)18-10-4-3-7(15)5-9(10)13/h3-6H,2H2,1H3,(H,16,17,18). The first-order valence-corrected chi connectivity index (χ1v) is 6.09. The second-order valence-corrected chi connectivity index (χ2v) is 4.36. The number of benzene rings is 1. The van der Waals surface area contributed by atoms with Gasteiger partial charge in [-0.1, -0.05) is 30.1 Å². The van der Waals surface area contributed by atoms with Gasteiger partial charge in [-0.2, -0.15) is 0 Å². The number of rotatable bonds is 3. The fourth-order valence-electron chi connectivity index (χ4n) is 1.53. The third kappa shape index (κ3) is 2.71. The first-order chi connectivity index (χ1) is 8.61. The Kier molecular flexibility index (Phi) is 3.99. The maximum atomic E-state index is 12.9. The highest BCUT2D eigenvalue weighted by Gasteiger charge is 2.10. The molecule has 0 saturated carbocycles. The van der Waals surface area contributed by atoms with Crippen molar-refractivity contribution in [2.75, 3.05) is 5.32 Å². The molecule has 0 amide bonds. The van der Waals surface area contributed by atoms with E-state index in [-0.39, 0.29) is 10.8 Å². The summed E-state index contributed by atoms with van der Waals surface area (Å²) < 4.78 is 12.9. The van der Waals surface area contributed by atoms with E-state index in [1.165, 1.54) is 18.5 Å². The van der Waals surface area contributed by atoms with Crippen LogP contribution in [0.4, 0.5) is 15.9 Å². The van der Waals surface area contributed by atoms with Gasteiger partial charge >= 0.3 is 0 Å². The first kappa shape index (κ1) is 13.1. The molecule has 0 aliphatic carbocycles. The molecular weight excluding hydrogens is 276 g/mol. The summed E-state index contributed by atoms with van der Waals surface area (Å²) in [5.41, 5.74) is 1.36. The van der Waals surface area contributed by atoms with Crippen molar-refractivity contribution in [1.29, 1.82) is 0 Å². The minimum absolute atomic E-state index is 0.284. The molecule has 0 saturated heterocycles. The Labute approximate surface area is 114 Å². The summed E-state index contributed by atoms with van der Waals surface area (Å²) in [7, 11) is 0. The van der Waals surface area contributed by atoms with E-state index in [0.29, 0.717) is 23.1 Å². The molecule has 2 aromatic rings. The van der Waals surface area contributed by atoms with E-state index in [4.69, 9.17) is 23.2 Å². The average Bonchev–Trinajstić information content (AvgIpc) is 2.33. The van der Waals surface area contributed by atoms with Gasteiger partial charge in [0.1, 0.15) is 23.1 Å². The summed E-state index contributed by atoms with van der Waals surface area (Å²) in [6.45, 7) is 1.95. The van der Waals surface area contributed by atoms with Crippen LogP contribution in [0.2, 0.25) is 10.2 Å². The molecule has 0 bridgehead atoms. The smallest absolute Gasteiger partial charge is 0.138 e. The van der Waals surface area contributed by atoms with E-state index in [2.05, 4.69) is 15.3 Å². The van der Waals surface area contributed by atoms with Gasteiger partial charge in [0.25, 0.3) is 0 Å². The normalized spacial score (nSPS) is 10.4. The van der Waals surface area contributed by atoms with E-state index < -0.39 is 0 Å². The highest BCUT2D eigenvalue weighted by atomic mass is 35.5. The lowest BCUT2D eigenvalue weighted by Gasteiger charge is -2.11. The van der Waals surface area contributed by atoms with Crippen molar-refractivity contribution in [3.8, 4) is 0 Å². The fraction of sp³-hybridized carbons (Fsp3) is 0.167. The predicted molar refractivity (Wildman–Crippen MR) is 71.1 cm³/mol. The summed E-state index contributed by atoms with van der Waals surface area (Å²) in [6, 6.07) is 4.11. The largest absolute Gasteiger partial charge is 0.339 e. The molecule has 0 aliphatic rings. The predicted octanol–water partition coefficient (Wildman–Crippen LogP) is 4.23. The molecule has 3 nitrogen and oxygen atoms in total. The fourth-order valence-corrected chi connectivity index (χ4v) is 2.01. The number of halogens is 3. The maximum Gasteiger partial charge on any atom is 0.138 e. The van der Waals surface area contributed by atoms with Crippen LogP contribution in [-0.2, 0) is 6.42 Å². The molecule has 0 unspecified atom stereocenters. The van der Waals surface area contributed by atoms with Crippen molar-refractivity contribution in [2.24, 2.45) is 0 Å². The Morgan fingerprint density at radius 1 is 1.28 bits per heavy atom. The first-order valence-electron chi connectivity index (χ1n) is 5.33. The van der Waals surface area contributed by atoms with E-state index in [0.717, 1.165) is 5.56 Å². The van der Waals surface area contributed by atoms with Gasteiger partial charge < -0.3 is 5.32 Å². The molecule has 6 heteroatoms. The van der Waals surface area contributed by atoms with Crippen molar-refractivity contribution in [3.05, 3.63) is 46.1 Å². The molecule has 1 aromatic carbocycles. The molecule has 0 radical (unpaired) electrons.